The first kappa shape index (κ1) is 14.8. The Morgan fingerprint density at radius 1 is 0.950 bits per heavy atom. The molecule has 5 heteroatoms. The van der Waals surface area contributed by atoms with Crippen molar-refractivity contribution in [1.29, 1.82) is 0 Å². The van der Waals surface area contributed by atoms with Gasteiger partial charge in [-0.25, -0.2) is 13.2 Å². The largest absolute Gasteiger partial charge is 0.299 e. The summed E-state index contributed by atoms with van der Waals surface area (Å²) >= 11 is 3.03. The van der Waals surface area contributed by atoms with Gasteiger partial charge in [0.05, 0.1) is 4.47 Å². The van der Waals surface area contributed by atoms with E-state index in [0.29, 0.717) is 5.56 Å². The van der Waals surface area contributed by atoms with Crippen LogP contribution in [0, 0.1) is 17.5 Å². The van der Waals surface area contributed by atoms with Crippen LogP contribution in [-0.4, -0.2) is 5.78 Å². The monoisotopic (exact) mass is 342 g/mol. The van der Waals surface area contributed by atoms with Gasteiger partial charge in [-0.3, -0.25) is 4.79 Å². The second-order valence-corrected chi connectivity index (χ2v) is 5.23. The van der Waals surface area contributed by atoms with Gasteiger partial charge in [0.25, 0.3) is 0 Å². The smallest absolute Gasteiger partial charge is 0.141 e. The van der Waals surface area contributed by atoms with E-state index >= 15 is 0 Å². The second kappa shape index (κ2) is 6.22. The Bertz CT molecular complexity index is 656. The number of hydrogen-bond donors (Lipinski definition) is 0. The van der Waals surface area contributed by atoms with E-state index in [4.69, 9.17) is 0 Å². The highest BCUT2D eigenvalue weighted by Gasteiger charge is 2.11. The van der Waals surface area contributed by atoms with Crippen molar-refractivity contribution in [3.63, 3.8) is 0 Å². The van der Waals surface area contributed by atoms with Crippen molar-refractivity contribution in [2.75, 3.05) is 0 Å². The molecule has 2 aromatic carbocycles. The van der Waals surface area contributed by atoms with Crippen molar-refractivity contribution in [3.8, 4) is 0 Å². The molecule has 0 atom stereocenters. The van der Waals surface area contributed by atoms with Crippen LogP contribution in [0.4, 0.5) is 13.2 Å². The van der Waals surface area contributed by atoms with Crippen molar-refractivity contribution < 1.29 is 18.0 Å². The average molecular weight is 343 g/mol. The minimum Gasteiger partial charge on any atom is -0.299 e. The minimum absolute atomic E-state index is 0.0652. The van der Waals surface area contributed by atoms with Gasteiger partial charge >= 0.3 is 0 Å². The lowest BCUT2D eigenvalue weighted by Crippen LogP contribution is -2.08. The fourth-order valence-corrected chi connectivity index (χ4v) is 2.24. The van der Waals surface area contributed by atoms with Gasteiger partial charge in [0.2, 0.25) is 0 Å². The summed E-state index contributed by atoms with van der Waals surface area (Å²) in [5.74, 6) is -2.06. The number of ketones is 1. The summed E-state index contributed by atoms with van der Waals surface area (Å²) in [7, 11) is 0. The predicted molar refractivity (Wildman–Crippen MR) is 72.9 cm³/mol. The number of benzene rings is 2. The van der Waals surface area contributed by atoms with Crippen molar-refractivity contribution in [3.05, 3.63) is 69.4 Å². The third-order valence-electron chi connectivity index (χ3n) is 2.79. The van der Waals surface area contributed by atoms with Crippen LogP contribution in [0.3, 0.4) is 0 Å². The maximum Gasteiger partial charge on any atom is 0.141 e. The van der Waals surface area contributed by atoms with Gasteiger partial charge in [-0.2, -0.15) is 0 Å². The quantitative estimate of drug-likeness (QED) is 0.812. The third-order valence-corrected chi connectivity index (χ3v) is 3.40. The molecule has 2 rings (SSSR count). The number of carbonyl (C=O) groups is 1. The molecule has 0 N–H and O–H groups in total. The molecule has 0 aliphatic heterocycles. The standard InChI is InChI=1S/C15H10BrF3O/c16-13-6-9(1-4-14(13)18)5-12(20)7-10-2-3-11(17)8-15(10)19/h1-4,6,8H,5,7H2. The van der Waals surface area contributed by atoms with Crippen molar-refractivity contribution in [2.24, 2.45) is 0 Å². The lowest BCUT2D eigenvalue weighted by molar-refractivity contribution is -0.117. The minimum atomic E-state index is -0.737. The summed E-state index contributed by atoms with van der Waals surface area (Å²) in [5.41, 5.74) is 0.781. The van der Waals surface area contributed by atoms with Crippen molar-refractivity contribution in [1.82, 2.24) is 0 Å². The first-order valence-corrected chi connectivity index (χ1v) is 6.64. The maximum absolute atomic E-state index is 13.4. The summed E-state index contributed by atoms with van der Waals surface area (Å²) < 4.78 is 39.5. The van der Waals surface area contributed by atoms with Crippen LogP contribution in [0.25, 0.3) is 0 Å². The van der Waals surface area contributed by atoms with E-state index in [9.17, 15) is 18.0 Å². The molecule has 2 aromatic rings. The number of Topliss-reactive ketones (excluding diaryl/α,β-unsaturated/α-hetero) is 1. The first-order valence-electron chi connectivity index (χ1n) is 5.85. The Morgan fingerprint density at radius 3 is 2.35 bits per heavy atom. The van der Waals surface area contributed by atoms with Crippen LogP contribution in [0.1, 0.15) is 11.1 Å². The molecule has 0 radical (unpaired) electrons. The summed E-state index contributed by atoms with van der Waals surface area (Å²) in [6.45, 7) is 0. The first-order chi connectivity index (χ1) is 9.45. The second-order valence-electron chi connectivity index (χ2n) is 4.38. The topological polar surface area (TPSA) is 17.1 Å². The lowest BCUT2D eigenvalue weighted by Gasteiger charge is -2.04. The van der Waals surface area contributed by atoms with Crippen molar-refractivity contribution in [2.45, 2.75) is 12.8 Å². The molecule has 20 heavy (non-hydrogen) atoms. The molecule has 0 aliphatic carbocycles. The molecule has 0 bridgehead atoms. The molecular weight excluding hydrogens is 333 g/mol. The summed E-state index contributed by atoms with van der Waals surface area (Å²) in [6.07, 6.45) is -0.0587. The number of rotatable bonds is 4. The summed E-state index contributed by atoms with van der Waals surface area (Å²) in [5, 5.41) is 0. The van der Waals surface area contributed by atoms with E-state index in [2.05, 4.69) is 15.9 Å². The van der Waals surface area contributed by atoms with Gasteiger partial charge in [0.15, 0.2) is 0 Å². The van der Waals surface area contributed by atoms with Gasteiger partial charge in [-0.15, -0.1) is 0 Å². The van der Waals surface area contributed by atoms with Gasteiger partial charge in [-0.1, -0.05) is 12.1 Å². The number of carbonyl (C=O) groups excluding carboxylic acids is 1. The van der Waals surface area contributed by atoms with Crippen LogP contribution in [0.5, 0.6) is 0 Å². The van der Waals surface area contributed by atoms with Crippen LogP contribution in [0.2, 0.25) is 0 Å². The Hall–Kier alpha value is -1.62. The highest BCUT2D eigenvalue weighted by Crippen LogP contribution is 2.18. The van der Waals surface area contributed by atoms with E-state index in [-0.39, 0.29) is 28.7 Å². The molecule has 0 aromatic heterocycles. The zero-order valence-electron chi connectivity index (χ0n) is 10.3. The van der Waals surface area contributed by atoms with E-state index < -0.39 is 17.5 Å². The van der Waals surface area contributed by atoms with E-state index in [1.165, 1.54) is 24.3 Å². The Kier molecular flexibility index (Phi) is 4.60. The molecule has 0 fully saturated rings. The molecule has 0 unspecified atom stereocenters. The maximum atomic E-state index is 13.4. The van der Waals surface area contributed by atoms with Crippen molar-refractivity contribution >= 4 is 21.7 Å². The zero-order valence-corrected chi connectivity index (χ0v) is 11.9. The molecule has 0 spiro atoms. The van der Waals surface area contributed by atoms with Crippen LogP contribution >= 0.6 is 15.9 Å². The Morgan fingerprint density at radius 2 is 1.70 bits per heavy atom. The number of halogens is 4. The fourth-order valence-electron chi connectivity index (χ4n) is 1.82. The normalized spacial score (nSPS) is 10.6. The Balaban J connectivity index is 2.07. The highest BCUT2D eigenvalue weighted by atomic mass is 79.9. The van der Waals surface area contributed by atoms with E-state index in [0.717, 1.165) is 12.1 Å². The van der Waals surface area contributed by atoms with Gasteiger partial charge < -0.3 is 0 Å². The summed E-state index contributed by atoms with van der Waals surface area (Å²) in [6, 6.07) is 7.37. The van der Waals surface area contributed by atoms with Gasteiger partial charge in [-0.05, 0) is 45.3 Å². The molecule has 0 amide bonds. The fraction of sp³-hybridized carbons (Fsp3) is 0.133. The van der Waals surface area contributed by atoms with E-state index in [1.807, 2.05) is 0 Å². The van der Waals surface area contributed by atoms with Crippen LogP contribution < -0.4 is 0 Å². The molecule has 0 aliphatic rings. The molecule has 0 heterocycles. The van der Waals surface area contributed by atoms with E-state index in [1.54, 1.807) is 0 Å². The zero-order chi connectivity index (χ0) is 14.7. The predicted octanol–water partition coefficient (Wildman–Crippen LogP) is 4.22. The van der Waals surface area contributed by atoms with Crippen LogP contribution in [-0.2, 0) is 17.6 Å². The highest BCUT2D eigenvalue weighted by molar-refractivity contribution is 9.10. The summed E-state index contributed by atoms with van der Waals surface area (Å²) in [4.78, 5) is 11.8. The number of hydrogen-bond acceptors (Lipinski definition) is 1. The third kappa shape index (κ3) is 3.70. The van der Waals surface area contributed by atoms with Crippen LogP contribution in [0.15, 0.2) is 40.9 Å². The van der Waals surface area contributed by atoms with Gasteiger partial charge in [0.1, 0.15) is 23.2 Å². The molecule has 0 saturated carbocycles. The molecule has 0 saturated heterocycles. The SMILES string of the molecule is O=C(Cc1ccc(F)c(Br)c1)Cc1ccc(F)cc1F. The Labute approximate surface area is 122 Å². The lowest BCUT2D eigenvalue weighted by atomic mass is 10.0. The molecule has 104 valence electrons. The average Bonchev–Trinajstić information content (AvgIpc) is 2.37. The van der Waals surface area contributed by atoms with Gasteiger partial charge in [0, 0.05) is 18.9 Å². The molecular formula is C15H10BrF3O. The molecule has 1 nitrogen and oxygen atoms in total.